The third-order valence-corrected chi connectivity index (χ3v) is 8.04. The fourth-order valence-corrected chi connectivity index (χ4v) is 5.76. The fourth-order valence-electron chi connectivity index (χ4n) is 4.15. The summed E-state index contributed by atoms with van der Waals surface area (Å²) in [7, 11) is -3.78. The Kier molecular flexibility index (Phi) is 6.86. The van der Waals surface area contributed by atoms with Crippen molar-refractivity contribution in [3.8, 4) is 17.6 Å². The van der Waals surface area contributed by atoms with Crippen LogP contribution in [-0.4, -0.2) is 44.9 Å². The Bertz CT molecular complexity index is 1170. The van der Waals surface area contributed by atoms with Gasteiger partial charge in [-0.05, 0) is 49.6 Å². The maximum atomic E-state index is 13.0. The summed E-state index contributed by atoms with van der Waals surface area (Å²) < 4.78 is 38.8. The first-order valence-electron chi connectivity index (χ1n) is 11.1. The lowest BCUT2D eigenvalue weighted by molar-refractivity contribution is -0.126. The van der Waals surface area contributed by atoms with Crippen molar-refractivity contribution in [1.29, 1.82) is 5.26 Å². The number of nitrogens with one attached hydrogen (secondary N) is 1. The van der Waals surface area contributed by atoms with Crippen molar-refractivity contribution in [1.82, 2.24) is 9.62 Å². The Balaban J connectivity index is 1.37. The lowest BCUT2D eigenvalue weighted by Gasteiger charge is -2.31. The van der Waals surface area contributed by atoms with Crippen LogP contribution in [0.2, 0.25) is 0 Å². The highest BCUT2D eigenvalue weighted by atomic mass is 32.2. The highest BCUT2D eigenvalue weighted by Crippen LogP contribution is 2.33. The third kappa shape index (κ3) is 4.97. The predicted molar refractivity (Wildman–Crippen MR) is 121 cm³/mol. The van der Waals surface area contributed by atoms with E-state index in [-0.39, 0.29) is 41.4 Å². The van der Waals surface area contributed by atoms with Gasteiger partial charge in [-0.2, -0.15) is 9.57 Å². The van der Waals surface area contributed by atoms with E-state index in [0.29, 0.717) is 37.6 Å². The lowest BCUT2D eigenvalue weighted by atomic mass is 9.96. The zero-order chi connectivity index (χ0) is 23.4. The molecule has 174 valence electrons. The second-order valence-corrected chi connectivity index (χ2v) is 10.2. The van der Waals surface area contributed by atoms with Gasteiger partial charge in [0.05, 0.1) is 29.7 Å². The molecule has 8 nitrogen and oxygen atoms in total. The molecule has 0 saturated carbocycles. The monoisotopic (exact) mass is 469 g/mol. The smallest absolute Gasteiger partial charge is 0.244 e. The van der Waals surface area contributed by atoms with Crippen molar-refractivity contribution in [3.05, 3.63) is 53.6 Å². The number of nitrogens with zero attached hydrogens (tertiary/aromatic N) is 2. The topological polar surface area (TPSA) is 109 Å². The summed E-state index contributed by atoms with van der Waals surface area (Å²) in [5.41, 5.74) is 1.04. The molecule has 4 rings (SSSR count). The molecular weight excluding hydrogens is 442 g/mol. The van der Waals surface area contributed by atoms with Gasteiger partial charge in [0, 0.05) is 25.4 Å². The van der Waals surface area contributed by atoms with Crippen molar-refractivity contribution in [3.63, 3.8) is 0 Å². The van der Waals surface area contributed by atoms with Gasteiger partial charge in [0.1, 0.15) is 6.07 Å². The van der Waals surface area contributed by atoms with Crippen molar-refractivity contribution >= 4 is 15.9 Å². The van der Waals surface area contributed by atoms with Crippen molar-refractivity contribution in [2.45, 2.75) is 37.1 Å². The van der Waals surface area contributed by atoms with E-state index in [1.165, 1.54) is 16.4 Å². The molecule has 1 saturated heterocycles. The lowest BCUT2D eigenvalue weighted by Crippen LogP contribution is -2.43. The third-order valence-electron chi connectivity index (χ3n) is 6.08. The van der Waals surface area contributed by atoms with Crippen LogP contribution in [0.1, 0.15) is 43.4 Å². The summed E-state index contributed by atoms with van der Waals surface area (Å²) in [4.78, 5) is 12.9. The Morgan fingerprint density at radius 1 is 1.12 bits per heavy atom. The molecule has 2 aliphatic heterocycles. The normalized spacial score (nSPS) is 18.1. The largest absolute Gasteiger partial charge is 0.490 e. The minimum Gasteiger partial charge on any atom is -0.490 e. The molecule has 0 radical (unpaired) electrons. The number of carbonyl (C=O) groups is 1. The van der Waals surface area contributed by atoms with Crippen LogP contribution < -0.4 is 14.8 Å². The van der Waals surface area contributed by atoms with Gasteiger partial charge in [-0.15, -0.1) is 0 Å². The van der Waals surface area contributed by atoms with Crippen molar-refractivity contribution in [2.24, 2.45) is 5.92 Å². The van der Waals surface area contributed by atoms with E-state index in [4.69, 9.17) is 9.47 Å². The fraction of sp³-hybridized carbons (Fsp3) is 0.417. The number of hydrogen-bond donors (Lipinski definition) is 1. The van der Waals surface area contributed by atoms with Crippen LogP contribution in [0.3, 0.4) is 0 Å². The van der Waals surface area contributed by atoms with Gasteiger partial charge in [-0.1, -0.05) is 18.2 Å². The number of ether oxygens (including phenoxy) is 2. The molecule has 1 N–H and O–H groups in total. The van der Waals surface area contributed by atoms with Crippen molar-refractivity contribution in [2.75, 3.05) is 26.3 Å². The number of amides is 1. The Morgan fingerprint density at radius 2 is 1.82 bits per heavy atom. The number of fused-ring (bicyclic) bond motifs is 1. The van der Waals surface area contributed by atoms with Gasteiger partial charge >= 0.3 is 0 Å². The standard InChI is InChI=1S/C24H27N3O5S/c1-17(19-7-8-21-22(15-19)32-14-4-13-31-21)26-24(28)18-9-11-27(12-10-18)33(29,30)23-6-3-2-5-20(23)16-25/h2-3,5-8,15,17-18H,4,9-14H2,1H3,(H,26,28). The molecule has 1 amide bonds. The van der Waals surface area contributed by atoms with Crippen molar-refractivity contribution < 1.29 is 22.7 Å². The van der Waals surface area contributed by atoms with E-state index in [1.54, 1.807) is 12.1 Å². The number of rotatable bonds is 5. The maximum absolute atomic E-state index is 13.0. The number of hydrogen-bond acceptors (Lipinski definition) is 6. The number of carbonyl (C=O) groups excluding carboxylic acids is 1. The van der Waals surface area contributed by atoms with Gasteiger partial charge in [0.25, 0.3) is 0 Å². The first kappa shape index (κ1) is 23.1. The predicted octanol–water partition coefficient (Wildman–Crippen LogP) is 3.00. The molecule has 2 aliphatic rings. The molecule has 2 aromatic rings. The number of benzene rings is 2. The van der Waals surface area contributed by atoms with Crippen LogP contribution in [0, 0.1) is 17.2 Å². The SMILES string of the molecule is CC(NC(=O)C1CCN(S(=O)(=O)c2ccccc2C#N)CC1)c1ccc2c(c1)OCCCO2. The number of piperidine rings is 1. The van der Waals surface area contributed by atoms with Crippen LogP contribution in [-0.2, 0) is 14.8 Å². The van der Waals surface area contributed by atoms with Gasteiger partial charge in [0.15, 0.2) is 11.5 Å². The van der Waals surface area contributed by atoms with Crippen LogP contribution in [0.15, 0.2) is 47.4 Å². The maximum Gasteiger partial charge on any atom is 0.244 e. The highest BCUT2D eigenvalue weighted by Gasteiger charge is 2.33. The average molecular weight is 470 g/mol. The molecule has 0 bridgehead atoms. The quantitative estimate of drug-likeness (QED) is 0.721. The second-order valence-electron chi connectivity index (χ2n) is 8.27. The zero-order valence-corrected chi connectivity index (χ0v) is 19.3. The minimum atomic E-state index is -3.78. The van der Waals surface area contributed by atoms with E-state index >= 15 is 0 Å². The summed E-state index contributed by atoms with van der Waals surface area (Å²) in [6.45, 7) is 3.60. The van der Waals surface area contributed by atoms with E-state index in [0.717, 1.165) is 12.0 Å². The minimum absolute atomic E-state index is 0.0124. The summed E-state index contributed by atoms with van der Waals surface area (Å²) in [6, 6.07) is 13.6. The van der Waals surface area contributed by atoms with Gasteiger partial charge < -0.3 is 14.8 Å². The highest BCUT2D eigenvalue weighted by molar-refractivity contribution is 7.89. The summed E-state index contributed by atoms with van der Waals surface area (Å²) in [5, 5.41) is 12.3. The van der Waals surface area contributed by atoms with Crippen LogP contribution in [0.25, 0.3) is 0 Å². The Morgan fingerprint density at radius 3 is 2.55 bits per heavy atom. The van der Waals surface area contributed by atoms with Crippen LogP contribution >= 0.6 is 0 Å². The van der Waals surface area contributed by atoms with E-state index in [9.17, 15) is 18.5 Å². The molecular formula is C24H27N3O5S. The number of sulfonamides is 1. The molecule has 1 fully saturated rings. The van der Waals surface area contributed by atoms with Gasteiger partial charge in [-0.3, -0.25) is 4.79 Å². The zero-order valence-electron chi connectivity index (χ0n) is 18.5. The van der Waals surface area contributed by atoms with Crippen LogP contribution in [0.4, 0.5) is 0 Å². The summed E-state index contributed by atoms with van der Waals surface area (Å²) >= 11 is 0. The summed E-state index contributed by atoms with van der Waals surface area (Å²) in [6.07, 6.45) is 1.67. The summed E-state index contributed by atoms with van der Waals surface area (Å²) in [5.74, 6) is 1.03. The Labute approximate surface area is 194 Å². The molecule has 0 aromatic heterocycles. The molecule has 1 unspecified atom stereocenters. The molecule has 9 heteroatoms. The molecule has 0 aliphatic carbocycles. The first-order valence-corrected chi connectivity index (χ1v) is 12.5. The molecule has 2 heterocycles. The van der Waals surface area contributed by atoms with Gasteiger partial charge in [0.2, 0.25) is 15.9 Å². The second kappa shape index (κ2) is 9.81. The molecule has 2 aromatic carbocycles. The van der Waals surface area contributed by atoms with E-state index in [1.807, 2.05) is 31.2 Å². The van der Waals surface area contributed by atoms with E-state index < -0.39 is 10.0 Å². The average Bonchev–Trinajstić information content (AvgIpc) is 3.09. The molecule has 0 spiro atoms. The number of nitriles is 1. The first-order chi connectivity index (χ1) is 15.9. The Hall–Kier alpha value is -3.09. The van der Waals surface area contributed by atoms with Gasteiger partial charge in [-0.25, -0.2) is 8.42 Å². The molecule has 33 heavy (non-hydrogen) atoms. The molecule has 1 atom stereocenters. The van der Waals surface area contributed by atoms with Crippen LogP contribution in [0.5, 0.6) is 11.5 Å². The van der Waals surface area contributed by atoms with E-state index in [2.05, 4.69) is 5.32 Å².